The van der Waals surface area contributed by atoms with Gasteiger partial charge in [0, 0.05) is 12.1 Å². The van der Waals surface area contributed by atoms with Crippen LogP contribution < -0.4 is 5.43 Å². The fourth-order valence-electron chi connectivity index (χ4n) is 2.57. The van der Waals surface area contributed by atoms with Crippen molar-refractivity contribution < 1.29 is 9.31 Å². The average molecular weight is 412 g/mol. The van der Waals surface area contributed by atoms with E-state index in [0.29, 0.717) is 17.0 Å². The highest BCUT2D eigenvalue weighted by Crippen LogP contribution is 2.29. The summed E-state index contributed by atoms with van der Waals surface area (Å²) in [6.07, 6.45) is 1.48. The Balaban J connectivity index is 1.60. The molecule has 0 fully saturated rings. The van der Waals surface area contributed by atoms with Crippen LogP contribution in [0, 0.1) is 15.9 Å². The topological polar surface area (TPSA) is 111 Å². The Morgan fingerprint density at radius 2 is 1.93 bits per heavy atom. The molecule has 0 radical (unpaired) electrons. The lowest BCUT2D eigenvalue weighted by molar-refractivity contribution is -0.384. The molecule has 0 saturated heterocycles. The molecule has 11 heteroatoms. The largest absolute Gasteiger partial charge is 0.269 e. The molecule has 2 heterocycles. The molecule has 29 heavy (non-hydrogen) atoms. The van der Waals surface area contributed by atoms with E-state index in [1.165, 1.54) is 35.0 Å². The lowest BCUT2D eigenvalue weighted by Crippen LogP contribution is -2.01. The maximum absolute atomic E-state index is 14.2. The standard InChI is InChI=1S/C18H11ClFN7O2/c19-13-2-1-3-14(20)17(13)18-24-23-16-9-8-15(25-26(16)18)22-21-10-11-4-6-12(7-5-11)27(28)29/h1-10H,(H,22,25)/b21-10+. The summed E-state index contributed by atoms with van der Waals surface area (Å²) in [6.45, 7) is 0. The first-order chi connectivity index (χ1) is 14.0. The number of anilines is 1. The average Bonchev–Trinajstić information content (AvgIpc) is 3.11. The van der Waals surface area contributed by atoms with Gasteiger partial charge in [-0.2, -0.15) is 9.62 Å². The summed E-state index contributed by atoms with van der Waals surface area (Å²) in [7, 11) is 0. The molecule has 0 aliphatic carbocycles. The van der Waals surface area contributed by atoms with Crippen LogP contribution in [-0.2, 0) is 0 Å². The molecule has 4 aromatic rings. The smallest absolute Gasteiger partial charge is 0.260 e. The zero-order valence-electron chi connectivity index (χ0n) is 14.5. The number of nitro benzene ring substituents is 1. The molecule has 0 saturated carbocycles. The highest BCUT2D eigenvalue weighted by atomic mass is 35.5. The molecule has 4 rings (SSSR count). The van der Waals surface area contributed by atoms with Crippen LogP contribution in [-0.4, -0.2) is 30.9 Å². The minimum Gasteiger partial charge on any atom is -0.260 e. The van der Waals surface area contributed by atoms with Crippen molar-refractivity contribution in [1.82, 2.24) is 19.8 Å². The summed E-state index contributed by atoms with van der Waals surface area (Å²) in [5.74, 6) is -0.0292. The normalized spacial score (nSPS) is 11.2. The number of hydrazone groups is 1. The number of nitro groups is 1. The molecular weight excluding hydrogens is 401 g/mol. The Bertz CT molecular complexity index is 1220. The van der Waals surface area contributed by atoms with E-state index in [1.807, 2.05) is 0 Å². The minimum atomic E-state index is -0.539. The molecule has 1 N–H and O–H groups in total. The lowest BCUT2D eigenvalue weighted by atomic mass is 10.2. The Hall–Kier alpha value is -3.92. The first-order valence-corrected chi connectivity index (χ1v) is 8.61. The van der Waals surface area contributed by atoms with Gasteiger partial charge in [0.15, 0.2) is 17.3 Å². The maximum atomic E-state index is 14.2. The van der Waals surface area contributed by atoms with Crippen molar-refractivity contribution >= 4 is 35.0 Å². The van der Waals surface area contributed by atoms with E-state index in [-0.39, 0.29) is 22.1 Å². The summed E-state index contributed by atoms with van der Waals surface area (Å²) in [5, 5.41) is 27.2. The molecule has 0 amide bonds. The van der Waals surface area contributed by atoms with Gasteiger partial charge in [0.2, 0.25) is 0 Å². The number of hydrogen-bond donors (Lipinski definition) is 1. The molecule has 0 bridgehead atoms. The molecule has 0 spiro atoms. The minimum absolute atomic E-state index is 0.00540. The summed E-state index contributed by atoms with van der Waals surface area (Å²) >= 11 is 6.11. The molecular formula is C18H11ClFN7O2. The van der Waals surface area contributed by atoms with E-state index in [2.05, 4.69) is 25.8 Å². The number of rotatable bonds is 5. The van der Waals surface area contributed by atoms with Crippen LogP contribution in [0.3, 0.4) is 0 Å². The highest BCUT2D eigenvalue weighted by Gasteiger charge is 2.17. The van der Waals surface area contributed by atoms with Crippen molar-refractivity contribution in [3.63, 3.8) is 0 Å². The third-order valence-corrected chi connectivity index (χ3v) is 4.26. The van der Waals surface area contributed by atoms with Gasteiger partial charge in [-0.3, -0.25) is 15.5 Å². The van der Waals surface area contributed by atoms with E-state index in [9.17, 15) is 14.5 Å². The summed E-state index contributed by atoms with van der Waals surface area (Å²) < 4.78 is 15.6. The van der Waals surface area contributed by atoms with E-state index < -0.39 is 10.7 Å². The van der Waals surface area contributed by atoms with Crippen molar-refractivity contribution in [3.05, 3.63) is 81.1 Å². The number of hydrogen-bond acceptors (Lipinski definition) is 7. The third-order valence-electron chi connectivity index (χ3n) is 3.95. The summed E-state index contributed by atoms with van der Waals surface area (Å²) in [5.41, 5.74) is 3.90. The van der Waals surface area contributed by atoms with Crippen LogP contribution in [0.1, 0.15) is 5.56 Å². The van der Waals surface area contributed by atoms with Crippen molar-refractivity contribution in [2.45, 2.75) is 0 Å². The van der Waals surface area contributed by atoms with E-state index in [0.717, 1.165) is 0 Å². The Kier molecular flexibility index (Phi) is 4.83. The molecule has 144 valence electrons. The van der Waals surface area contributed by atoms with Gasteiger partial charge < -0.3 is 0 Å². The fourth-order valence-corrected chi connectivity index (χ4v) is 2.82. The Morgan fingerprint density at radius 3 is 2.66 bits per heavy atom. The zero-order valence-corrected chi connectivity index (χ0v) is 15.3. The van der Waals surface area contributed by atoms with Crippen LogP contribution >= 0.6 is 11.6 Å². The van der Waals surface area contributed by atoms with Crippen molar-refractivity contribution in [3.8, 4) is 11.4 Å². The second kappa shape index (κ2) is 7.60. The SMILES string of the molecule is O=[N+]([O-])c1ccc(/C=N/Nc2ccc3nnc(-c4c(F)cccc4Cl)n3n2)cc1. The van der Waals surface area contributed by atoms with Gasteiger partial charge in [0.25, 0.3) is 5.69 Å². The molecule has 0 aliphatic heterocycles. The number of benzene rings is 2. The number of non-ortho nitro benzene ring substituents is 1. The molecule has 9 nitrogen and oxygen atoms in total. The number of nitrogens with zero attached hydrogens (tertiary/aromatic N) is 6. The van der Waals surface area contributed by atoms with Crippen molar-refractivity contribution in [2.24, 2.45) is 5.10 Å². The third kappa shape index (κ3) is 3.73. The Labute approximate surface area is 167 Å². The fraction of sp³-hybridized carbons (Fsp3) is 0. The number of halogens is 2. The zero-order chi connectivity index (χ0) is 20.4. The van der Waals surface area contributed by atoms with Gasteiger partial charge in [-0.05, 0) is 42.0 Å². The monoisotopic (exact) mass is 411 g/mol. The van der Waals surface area contributed by atoms with Gasteiger partial charge in [-0.1, -0.05) is 17.7 Å². The number of fused-ring (bicyclic) bond motifs is 1. The van der Waals surface area contributed by atoms with Gasteiger partial charge in [-0.25, -0.2) is 4.39 Å². The van der Waals surface area contributed by atoms with Crippen LogP contribution in [0.5, 0.6) is 0 Å². The second-order valence-electron chi connectivity index (χ2n) is 5.83. The van der Waals surface area contributed by atoms with Gasteiger partial charge >= 0.3 is 0 Å². The first kappa shape index (κ1) is 18.4. The lowest BCUT2D eigenvalue weighted by Gasteiger charge is -2.05. The van der Waals surface area contributed by atoms with E-state index in [1.54, 1.807) is 30.3 Å². The molecule has 0 aliphatic rings. The molecule has 2 aromatic carbocycles. The molecule has 2 aromatic heterocycles. The van der Waals surface area contributed by atoms with E-state index in [4.69, 9.17) is 11.6 Å². The van der Waals surface area contributed by atoms with Crippen molar-refractivity contribution in [1.29, 1.82) is 0 Å². The first-order valence-electron chi connectivity index (χ1n) is 8.23. The quantitative estimate of drug-likeness (QED) is 0.302. The maximum Gasteiger partial charge on any atom is 0.269 e. The van der Waals surface area contributed by atoms with Gasteiger partial charge in [0.1, 0.15) is 5.82 Å². The van der Waals surface area contributed by atoms with Crippen LogP contribution in [0.15, 0.2) is 59.7 Å². The van der Waals surface area contributed by atoms with Crippen molar-refractivity contribution in [2.75, 3.05) is 5.43 Å². The second-order valence-corrected chi connectivity index (χ2v) is 6.23. The predicted molar refractivity (Wildman–Crippen MR) is 105 cm³/mol. The van der Waals surface area contributed by atoms with E-state index >= 15 is 0 Å². The van der Waals surface area contributed by atoms with Crippen LogP contribution in [0.25, 0.3) is 17.0 Å². The number of nitrogens with one attached hydrogen (secondary N) is 1. The predicted octanol–water partition coefficient (Wildman–Crippen LogP) is 3.94. The summed E-state index contributed by atoms with van der Waals surface area (Å²) in [6, 6.07) is 13.5. The summed E-state index contributed by atoms with van der Waals surface area (Å²) in [4.78, 5) is 10.2. The number of aromatic nitrogens is 4. The van der Waals surface area contributed by atoms with Crippen LogP contribution in [0.4, 0.5) is 15.9 Å². The highest BCUT2D eigenvalue weighted by molar-refractivity contribution is 6.33. The molecule has 0 unspecified atom stereocenters. The van der Waals surface area contributed by atoms with Crippen LogP contribution in [0.2, 0.25) is 5.02 Å². The Morgan fingerprint density at radius 1 is 1.14 bits per heavy atom. The molecule has 0 atom stereocenters. The van der Waals surface area contributed by atoms with Gasteiger partial charge in [-0.15, -0.1) is 15.3 Å². The van der Waals surface area contributed by atoms with Gasteiger partial charge in [0.05, 0.1) is 21.7 Å².